The molecule has 0 spiro atoms. The van der Waals surface area contributed by atoms with Crippen molar-refractivity contribution in [1.82, 2.24) is 4.57 Å². The van der Waals surface area contributed by atoms with Crippen LogP contribution in [0.15, 0.2) is 84.9 Å². The summed E-state index contributed by atoms with van der Waals surface area (Å²) in [4.78, 5) is 25.3. The predicted molar refractivity (Wildman–Crippen MR) is 162 cm³/mol. The van der Waals surface area contributed by atoms with Gasteiger partial charge in [0, 0.05) is 30.1 Å². The molecule has 0 radical (unpaired) electrons. The average Bonchev–Trinajstić information content (AvgIpc) is 3.32. The molecule has 0 aliphatic heterocycles. The van der Waals surface area contributed by atoms with Gasteiger partial charge in [0.15, 0.2) is 0 Å². The smallest absolute Gasteiger partial charge is 0.303 e. The van der Waals surface area contributed by atoms with Crippen LogP contribution < -0.4 is 5.32 Å². The van der Waals surface area contributed by atoms with E-state index in [2.05, 4.69) is 5.32 Å². The van der Waals surface area contributed by atoms with Gasteiger partial charge in [0.2, 0.25) is 0 Å². The van der Waals surface area contributed by atoms with E-state index >= 15 is 0 Å². The van der Waals surface area contributed by atoms with E-state index in [1.54, 1.807) is 12.1 Å². The van der Waals surface area contributed by atoms with Crippen LogP contribution in [0.3, 0.4) is 0 Å². The van der Waals surface area contributed by atoms with Gasteiger partial charge in [-0.3, -0.25) is 9.59 Å². The van der Waals surface area contributed by atoms with Crippen molar-refractivity contribution in [3.8, 4) is 22.4 Å². The standard InChI is InChI=1S/C34H37FN2O5/c1-22(2)32-31(34(42)36-27-11-7-4-8-12-27)30(24-9-5-3-6-10-24)33(25-13-15-26(35)16-14-25)37(32)18-17-28(39)19-23(21-38)20-29(40)41/h3-16,22-23,28,38-39H,17-21H2,1-2H3,(H,36,42)(H,40,41)/t23-,28-/m1/s1. The Kier molecular flexibility index (Phi) is 10.3. The Bertz CT molecular complexity index is 1480. The number of para-hydroxylation sites is 1. The lowest BCUT2D eigenvalue weighted by molar-refractivity contribution is -0.138. The van der Waals surface area contributed by atoms with Gasteiger partial charge >= 0.3 is 5.97 Å². The molecule has 4 rings (SSSR count). The maximum Gasteiger partial charge on any atom is 0.303 e. The molecule has 8 heteroatoms. The molecule has 2 atom stereocenters. The van der Waals surface area contributed by atoms with Crippen LogP contribution in [0.4, 0.5) is 10.1 Å². The van der Waals surface area contributed by atoms with E-state index in [-0.39, 0.29) is 43.5 Å². The molecule has 1 amide bonds. The Balaban J connectivity index is 1.88. The van der Waals surface area contributed by atoms with Crippen molar-refractivity contribution in [2.75, 3.05) is 11.9 Å². The third-order valence-electron chi connectivity index (χ3n) is 7.30. The molecule has 4 N–H and O–H groups in total. The van der Waals surface area contributed by atoms with Gasteiger partial charge in [0.1, 0.15) is 5.82 Å². The molecule has 0 saturated carbocycles. The molecule has 7 nitrogen and oxygen atoms in total. The van der Waals surface area contributed by atoms with Gasteiger partial charge in [0.05, 0.1) is 23.8 Å². The molecule has 220 valence electrons. The molecular formula is C34H37FN2O5. The Hall–Kier alpha value is -4.27. The van der Waals surface area contributed by atoms with Gasteiger partial charge in [-0.2, -0.15) is 0 Å². The Labute approximate surface area is 245 Å². The average molecular weight is 573 g/mol. The molecule has 0 aliphatic carbocycles. The number of benzene rings is 3. The van der Waals surface area contributed by atoms with Crippen molar-refractivity contribution in [1.29, 1.82) is 0 Å². The molecule has 3 aromatic carbocycles. The minimum Gasteiger partial charge on any atom is -0.481 e. The van der Waals surface area contributed by atoms with Crippen LogP contribution in [-0.2, 0) is 11.3 Å². The fourth-order valence-corrected chi connectivity index (χ4v) is 5.46. The number of halogens is 1. The number of hydrogen-bond acceptors (Lipinski definition) is 4. The molecule has 0 fully saturated rings. The van der Waals surface area contributed by atoms with Crippen molar-refractivity contribution >= 4 is 17.6 Å². The van der Waals surface area contributed by atoms with Crippen LogP contribution in [0.2, 0.25) is 0 Å². The number of carboxylic acids is 1. The monoisotopic (exact) mass is 572 g/mol. The minimum atomic E-state index is -1.03. The van der Waals surface area contributed by atoms with Crippen LogP contribution in [0.1, 0.15) is 55.1 Å². The maximum absolute atomic E-state index is 14.1. The lowest BCUT2D eigenvalue weighted by Crippen LogP contribution is -2.22. The van der Waals surface area contributed by atoms with E-state index in [0.29, 0.717) is 28.9 Å². The summed E-state index contributed by atoms with van der Waals surface area (Å²) < 4.78 is 16.1. The second-order valence-corrected chi connectivity index (χ2v) is 10.8. The van der Waals surface area contributed by atoms with Crippen molar-refractivity contribution in [3.63, 3.8) is 0 Å². The number of aliphatic carboxylic acids is 1. The highest BCUT2D eigenvalue weighted by Gasteiger charge is 2.31. The zero-order chi connectivity index (χ0) is 30.2. The van der Waals surface area contributed by atoms with E-state index in [1.807, 2.05) is 79.1 Å². The third kappa shape index (κ3) is 7.32. The van der Waals surface area contributed by atoms with E-state index < -0.39 is 18.0 Å². The zero-order valence-electron chi connectivity index (χ0n) is 23.8. The Morgan fingerprint density at radius 1 is 0.905 bits per heavy atom. The first kappa shape index (κ1) is 30.7. The maximum atomic E-state index is 14.1. The molecule has 0 bridgehead atoms. The summed E-state index contributed by atoms with van der Waals surface area (Å²) >= 11 is 0. The molecule has 0 unspecified atom stereocenters. The summed E-state index contributed by atoms with van der Waals surface area (Å²) in [6.45, 7) is 3.97. The molecule has 4 aromatic rings. The van der Waals surface area contributed by atoms with Gasteiger partial charge < -0.3 is 25.2 Å². The van der Waals surface area contributed by atoms with Crippen molar-refractivity contribution in [2.45, 2.75) is 51.7 Å². The fourth-order valence-electron chi connectivity index (χ4n) is 5.46. The van der Waals surface area contributed by atoms with Crippen LogP contribution in [-0.4, -0.2) is 44.5 Å². The summed E-state index contributed by atoms with van der Waals surface area (Å²) in [5.41, 5.74) is 4.86. The zero-order valence-corrected chi connectivity index (χ0v) is 23.8. The normalized spacial score (nSPS) is 12.7. The van der Waals surface area contributed by atoms with Gasteiger partial charge in [-0.25, -0.2) is 4.39 Å². The summed E-state index contributed by atoms with van der Waals surface area (Å²) in [6, 6.07) is 24.9. The number of aliphatic hydroxyl groups is 2. The predicted octanol–water partition coefficient (Wildman–Crippen LogP) is 6.56. The Morgan fingerprint density at radius 2 is 1.52 bits per heavy atom. The minimum absolute atomic E-state index is 0.104. The first-order valence-electron chi connectivity index (χ1n) is 14.1. The first-order chi connectivity index (χ1) is 20.2. The highest BCUT2D eigenvalue weighted by Crippen LogP contribution is 2.42. The number of aromatic nitrogens is 1. The van der Waals surface area contributed by atoms with E-state index in [4.69, 9.17) is 5.11 Å². The number of nitrogens with one attached hydrogen (secondary N) is 1. The lowest BCUT2D eigenvalue weighted by atomic mass is 9.94. The van der Waals surface area contributed by atoms with Crippen molar-refractivity contribution in [3.05, 3.63) is 102 Å². The number of hydrogen-bond donors (Lipinski definition) is 4. The summed E-state index contributed by atoms with van der Waals surface area (Å²) in [5, 5.41) is 32.7. The van der Waals surface area contributed by atoms with E-state index in [9.17, 15) is 24.2 Å². The Morgan fingerprint density at radius 3 is 2.10 bits per heavy atom. The second-order valence-electron chi connectivity index (χ2n) is 10.8. The number of amides is 1. The van der Waals surface area contributed by atoms with Crippen LogP contribution >= 0.6 is 0 Å². The molecule has 1 heterocycles. The fraction of sp³-hybridized carbons (Fsp3) is 0.294. The number of carbonyl (C=O) groups is 2. The molecule has 0 aliphatic rings. The van der Waals surface area contributed by atoms with Gasteiger partial charge in [-0.05, 0) is 72.2 Å². The molecule has 1 aromatic heterocycles. The second kappa shape index (κ2) is 14.1. The van der Waals surface area contributed by atoms with Crippen LogP contribution in [0.25, 0.3) is 22.4 Å². The quantitative estimate of drug-likeness (QED) is 0.145. The van der Waals surface area contributed by atoms with Gasteiger partial charge in [-0.1, -0.05) is 62.4 Å². The van der Waals surface area contributed by atoms with Crippen LogP contribution in [0, 0.1) is 11.7 Å². The van der Waals surface area contributed by atoms with Crippen molar-refractivity contribution in [2.24, 2.45) is 5.92 Å². The van der Waals surface area contributed by atoms with Crippen LogP contribution in [0.5, 0.6) is 0 Å². The number of carboxylic acid groups (broad SMARTS) is 1. The molecule has 0 saturated heterocycles. The topological polar surface area (TPSA) is 112 Å². The summed E-state index contributed by atoms with van der Waals surface area (Å²) in [7, 11) is 0. The highest BCUT2D eigenvalue weighted by atomic mass is 19.1. The first-order valence-corrected chi connectivity index (χ1v) is 14.1. The molecular weight excluding hydrogens is 535 g/mol. The SMILES string of the molecule is CC(C)c1c(C(=O)Nc2ccccc2)c(-c2ccccc2)c(-c2ccc(F)cc2)n1CC[C@@H](O)C[C@@H](CO)CC(=O)O. The lowest BCUT2D eigenvalue weighted by Gasteiger charge is -2.21. The van der Waals surface area contributed by atoms with Crippen molar-refractivity contribution < 1.29 is 29.3 Å². The highest BCUT2D eigenvalue weighted by molar-refractivity contribution is 6.12. The number of rotatable bonds is 13. The number of nitrogens with zero attached hydrogens (tertiary/aromatic N) is 1. The third-order valence-corrected chi connectivity index (χ3v) is 7.30. The summed E-state index contributed by atoms with van der Waals surface area (Å²) in [5.74, 6) is -2.38. The number of carbonyl (C=O) groups excluding carboxylic acids is 1. The number of anilines is 1. The van der Waals surface area contributed by atoms with E-state index in [1.165, 1.54) is 12.1 Å². The molecule has 42 heavy (non-hydrogen) atoms. The van der Waals surface area contributed by atoms with E-state index in [0.717, 1.165) is 17.0 Å². The number of aliphatic hydroxyl groups excluding tert-OH is 2. The summed E-state index contributed by atoms with van der Waals surface area (Å²) in [6.07, 6.45) is -0.740. The van der Waals surface area contributed by atoms with Gasteiger partial charge in [0.25, 0.3) is 5.91 Å². The van der Waals surface area contributed by atoms with Gasteiger partial charge in [-0.15, -0.1) is 0 Å². The largest absolute Gasteiger partial charge is 0.481 e.